The molecule has 23 heavy (non-hydrogen) atoms. The second-order valence-corrected chi connectivity index (χ2v) is 6.79. The number of thiophene rings is 1. The molecule has 1 atom stereocenters. The number of anilines is 1. The first-order valence-corrected chi connectivity index (χ1v) is 8.55. The van der Waals surface area contributed by atoms with E-state index in [9.17, 15) is 0 Å². The summed E-state index contributed by atoms with van der Waals surface area (Å²) >= 11 is 1.79. The van der Waals surface area contributed by atoms with Crippen molar-refractivity contribution < 1.29 is 0 Å². The van der Waals surface area contributed by atoms with E-state index in [1.54, 1.807) is 11.3 Å². The minimum atomic E-state index is 0.146. The summed E-state index contributed by atoms with van der Waals surface area (Å²) in [6, 6.07) is 21.2. The molecule has 4 aromatic rings. The van der Waals surface area contributed by atoms with Crippen molar-refractivity contribution in [3.63, 3.8) is 0 Å². The molecule has 0 unspecified atom stereocenters. The van der Waals surface area contributed by atoms with E-state index in [4.69, 9.17) is 4.98 Å². The molecule has 3 nitrogen and oxygen atoms in total. The lowest BCUT2D eigenvalue weighted by Gasteiger charge is -2.37. The van der Waals surface area contributed by atoms with Crippen LogP contribution in [-0.4, -0.2) is 16.6 Å². The van der Waals surface area contributed by atoms with Gasteiger partial charge in [-0.25, -0.2) is 4.98 Å². The molecule has 0 fully saturated rings. The van der Waals surface area contributed by atoms with Crippen molar-refractivity contribution in [2.45, 2.75) is 6.17 Å². The first-order valence-electron chi connectivity index (χ1n) is 7.67. The highest BCUT2D eigenvalue weighted by Gasteiger charge is 2.32. The molecule has 1 aliphatic rings. The molecule has 4 heteroatoms. The van der Waals surface area contributed by atoms with Gasteiger partial charge in [-0.05, 0) is 35.7 Å². The maximum Gasteiger partial charge on any atom is 0.145 e. The molecule has 1 aliphatic heterocycles. The largest absolute Gasteiger partial charge is 0.349 e. The summed E-state index contributed by atoms with van der Waals surface area (Å²) in [6.45, 7) is 0. The summed E-state index contributed by atoms with van der Waals surface area (Å²) in [6.07, 6.45) is 0.146. The third kappa shape index (κ3) is 1.72. The van der Waals surface area contributed by atoms with E-state index < -0.39 is 0 Å². The first kappa shape index (κ1) is 12.9. The average molecular weight is 317 g/mol. The van der Waals surface area contributed by atoms with Gasteiger partial charge in [-0.3, -0.25) is 4.57 Å². The lowest BCUT2D eigenvalue weighted by molar-refractivity contribution is 0.591. The number of nitrogens with zero attached hydrogens (tertiary/aromatic N) is 3. The average Bonchev–Trinajstić information content (AvgIpc) is 3.24. The van der Waals surface area contributed by atoms with Crippen LogP contribution in [0.3, 0.4) is 0 Å². The summed E-state index contributed by atoms with van der Waals surface area (Å²) in [5.41, 5.74) is 4.66. The fourth-order valence-electron chi connectivity index (χ4n) is 3.51. The van der Waals surface area contributed by atoms with E-state index in [0.717, 1.165) is 11.3 Å². The van der Waals surface area contributed by atoms with Crippen molar-refractivity contribution in [2.75, 3.05) is 11.9 Å². The third-order valence-electron chi connectivity index (χ3n) is 4.53. The summed E-state index contributed by atoms with van der Waals surface area (Å²) in [5.74, 6) is 1.05. The predicted molar refractivity (Wildman–Crippen MR) is 96.0 cm³/mol. The number of rotatable bonds is 1. The van der Waals surface area contributed by atoms with Gasteiger partial charge in [0.1, 0.15) is 12.0 Å². The Hall–Kier alpha value is -2.59. The normalized spacial score (nSPS) is 16.4. The van der Waals surface area contributed by atoms with Crippen LogP contribution in [0.2, 0.25) is 0 Å². The van der Waals surface area contributed by atoms with E-state index in [1.807, 2.05) is 0 Å². The number of benzene rings is 2. The van der Waals surface area contributed by atoms with Crippen LogP contribution >= 0.6 is 11.3 Å². The lowest BCUT2D eigenvalue weighted by Crippen LogP contribution is -2.33. The van der Waals surface area contributed by atoms with E-state index in [1.165, 1.54) is 21.6 Å². The molecule has 0 amide bonds. The van der Waals surface area contributed by atoms with Crippen molar-refractivity contribution in [1.29, 1.82) is 0 Å². The zero-order chi connectivity index (χ0) is 15.4. The van der Waals surface area contributed by atoms with Gasteiger partial charge in [0.15, 0.2) is 0 Å². The van der Waals surface area contributed by atoms with Gasteiger partial charge in [0, 0.05) is 23.2 Å². The standard InChI is InChI=1S/C19H15N3S/c1-21-15-9-4-2-7-13(15)18-20-14-8-3-5-10-16(14)22(18)19(21)17-11-6-12-23-17/h2-12,19H,1H3/t19-/m1/s1. The molecule has 112 valence electrons. The third-order valence-corrected chi connectivity index (χ3v) is 5.44. The van der Waals surface area contributed by atoms with Gasteiger partial charge in [0.05, 0.1) is 11.0 Å². The minimum absolute atomic E-state index is 0.146. The van der Waals surface area contributed by atoms with E-state index in [2.05, 4.69) is 82.6 Å². The summed E-state index contributed by atoms with van der Waals surface area (Å²) in [5, 5.41) is 2.14. The molecular formula is C19H15N3S. The van der Waals surface area contributed by atoms with Crippen LogP contribution in [0.5, 0.6) is 0 Å². The van der Waals surface area contributed by atoms with Crippen molar-refractivity contribution >= 4 is 28.1 Å². The van der Waals surface area contributed by atoms with Crippen LogP contribution in [0.15, 0.2) is 66.0 Å². The minimum Gasteiger partial charge on any atom is -0.349 e. The van der Waals surface area contributed by atoms with Crippen molar-refractivity contribution in [1.82, 2.24) is 9.55 Å². The zero-order valence-electron chi connectivity index (χ0n) is 12.7. The number of hydrogen-bond donors (Lipinski definition) is 0. The molecule has 2 aromatic carbocycles. The number of hydrogen-bond acceptors (Lipinski definition) is 3. The number of imidazole rings is 1. The zero-order valence-corrected chi connectivity index (χ0v) is 13.5. The topological polar surface area (TPSA) is 21.1 Å². The Morgan fingerprint density at radius 2 is 1.78 bits per heavy atom. The van der Waals surface area contributed by atoms with Gasteiger partial charge in [-0.2, -0.15) is 0 Å². The monoisotopic (exact) mass is 317 g/mol. The SMILES string of the molecule is CN1c2ccccc2-c2nc3ccccc3n2[C@@H]1c1cccs1. The van der Waals surface area contributed by atoms with Crippen molar-refractivity contribution in [3.8, 4) is 11.4 Å². The van der Waals surface area contributed by atoms with Crippen molar-refractivity contribution in [2.24, 2.45) is 0 Å². The molecular weight excluding hydrogens is 302 g/mol. The fourth-order valence-corrected chi connectivity index (χ4v) is 4.37. The number of fused-ring (bicyclic) bond motifs is 5. The highest BCUT2D eigenvalue weighted by molar-refractivity contribution is 7.10. The molecule has 2 aromatic heterocycles. The van der Waals surface area contributed by atoms with Crippen LogP contribution in [0.25, 0.3) is 22.4 Å². The van der Waals surface area contributed by atoms with Crippen LogP contribution in [-0.2, 0) is 0 Å². The lowest BCUT2D eigenvalue weighted by atomic mass is 10.1. The van der Waals surface area contributed by atoms with Crippen LogP contribution in [0.1, 0.15) is 11.0 Å². The van der Waals surface area contributed by atoms with E-state index >= 15 is 0 Å². The van der Waals surface area contributed by atoms with Crippen LogP contribution in [0, 0.1) is 0 Å². The molecule has 0 aliphatic carbocycles. The molecule has 0 saturated carbocycles. The second-order valence-electron chi connectivity index (χ2n) is 5.81. The number of para-hydroxylation sites is 3. The van der Waals surface area contributed by atoms with Gasteiger partial charge in [0.25, 0.3) is 0 Å². The highest BCUT2D eigenvalue weighted by Crippen LogP contribution is 2.44. The van der Waals surface area contributed by atoms with Crippen LogP contribution in [0.4, 0.5) is 5.69 Å². The Labute approximate surface area is 138 Å². The van der Waals surface area contributed by atoms with Gasteiger partial charge >= 0.3 is 0 Å². The number of aromatic nitrogens is 2. The van der Waals surface area contributed by atoms with Gasteiger partial charge in [0.2, 0.25) is 0 Å². The Bertz CT molecular complexity index is 1000. The molecule has 0 spiro atoms. The smallest absolute Gasteiger partial charge is 0.145 e. The quantitative estimate of drug-likeness (QED) is 0.504. The first-order chi connectivity index (χ1) is 11.3. The summed E-state index contributed by atoms with van der Waals surface area (Å²) in [4.78, 5) is 8.60. The van der Waals surface area contributed by atoms with Crippen molar-refractivity contribution in [3.05, 3.63) is 70.9 Å². The molecule has 0 saturated heterocycles. The molecule has 0 N–H and O–H groups in total. The summed E-state index contributed by atoms with van der Waals surface area (Å²) < 4.78 is 2.36. The predicted octanol–water partition coefficient (Wildman–Crippen LogP) is 4.76. The Morgan fingerprint density at radius 1 is 0.957 bits per heavy atom. The molecule has 3 heterocycles. The second kappa shape index (κ2) is 4.70. The van der Waals surface area contributed by atoms with Gasteiger partial charge in [-0.1, -0.05) is 30.3 Å². The molecule has 0 radical (unpaired) electrons. The summed E-state index contributed by atoms with van der Waals surface area (Å²) in [7, 11) is 2.17. The Balaban J connectivity index is 1.90. The van der Waals surface area contributed by atoms with Crippen LogP contribution < -0.4 is 4.90 Å². The molecule has 0 bridgehead atoms. The highest BCUT2D eigenvalue weighted by atomic mass is 32.1. The Morgan fingerprint density at radius 3 is 2.65 bits per heavy atom. The van der Waals surface area contributed by atoms with Gasteiger partial charge < -0.3 is 4.90 Å². The van der Waals surface area contributed by atoms with E-state index in [-0.39, 0.29) is 6.17 Å². The fraction of sp³-hybridized carbons (Fsp3) is 0.105. The van der Waals surface area contributed by atoms with Gasteiger partial charge in [-0.15, -0.1) is 11.3 Å². The van der Waals surface area contributed by atoms with E-state index in [0.29, 0.717) is 0 Å². The Kier molecular flexibility index (Phi) is 2.64. The maximum absolute atomic E-state index is 4.93. The molecule has 5 rings (SSSR count). The maximum atomic E-state index is 4.93.